The van der Waals surface area contributed by atoms with Crippen LogP contribution in [0.25, 0.3) is 10.9 Å². The van der Waals surface area contributed by atoms with Crippen molar-refractivity contribution in [2.75, 3.05) is 0 Å². The standard InChI is InChI=1S/C9H5ClN2O3/c10-8-7-4(1-5(3-13)11-7)2-6(12-8)9(14)15/h1-3,11H,(H,14,15). The topological polar surface area (TPSA) is 83.1 Å². The van der Waals surface area contributed by atoms with E-state index in [1.54, 1.807) is 0 Å². The molecule has 0 amide bonds. The van der Waals surface area contributed by atoms with Crippen LogP contribution in [0.15, 0.2) is 12.1 Å². The molecule has 0 saturated heterocycles. The third-order valence-electron chi connectivity index (χ3n) is 1.93. The number of carbonyl (C=O) groups excluding carboxylic acids is 1. The molecule has 0 aliphatic rings. The highest BCUT2D eigenvalue weighted by molar-refractivity contribution is 6.34. The number of nitrogens with one attached hydrogen (secondary N) is 1. The highest BCUT2D eigenvalue weighted by Gasteiger charge is 2.11. The van der Waals surface area contributed by atoms with Gasteiger partial charge < -0.3 is 10.1 Å². The van der Waals surface area contributed by atoms with Crippen molar-refractivity contribution < 1.29 is 14.7 Å². The first-order valence-electron chi connectivity index (χ1n) is 3.99. The van der Waals surface area contributed by atoms with Gasteiger partial charge in [-0.3, -0.25) is 4.79 Å². The minimum absolute atomic E-state index is 0.0398. The number of rotatable bonds is 2. The molecule has 2 N–H and O–H groups in total. The first kappa shape index (κ1) is 9.67. The number of carbonyl (C=O) groups is 2. The molecule has 0 unspecified atom stereocenters. The summed E-state index contributed by atoms with van der Waals surface area (Å²) in [5, 5.41) is 9.32. The van der Waals surface area contributed by atoms with Crippen LogP contribution in [0.5, 0.6) is 0 Å². The average Bonchev–Trinajstić information content (AvgIpc) is 2.61. The molecule has 2 aromatic rings. The zero-order chi connectivity index (χ0) is 11.0. The van der Waals surface area contributed by atoms with E-state index in [-0.39, 0.29) is 10.8 Å². The van der Waals surface area contributed by atoms with E-state index in [1.165, 1.54) is 12.1 Å². The molecule has 0 spiro atoms. The quantitative estimate of drug-likeness (QED) is 0.601. The lowest BCUT2D eigenvalue weighted by Crippen LogP contribution is -1.99. The van der Waals surface area contributed by atoms with Crippen molar-refractivity contribution in [3.8, 4) is 0 Å². The Morgan fingerprint density at radius 3 is 2.87 bits per heavy atom. The maximum atomic E-state index is 10.7. The highest BCUT2D eigenvalue weighted by atomic mass is 35.5. The molecule has 0 saturated carbocycles. The molecular formula is C9H5ClN2O3. The van der Waals surface area contributed by atoms with Gasteiger partial charge in [-0.1, -0.05) is 11.6 Å². The predicted molar refractivity (Wildman–Crippen MR) is 53.5 cm³/mol. The number of halogens is 1. The number of aromatic amines is 1. The van der Waals surface area contributed by atoms with Crippen LogP contribution in [0.1, 0.15) is 21.0 Å². The van der Waals surface area contributed by atoms with Gasteiger partial charge in [0.05, 0.1) is 11.2 Å². The summed E-state index contributed by atoms with van der Waals surface area (Å²) in [5.74, 6) is -1.16. The van der Waals surface area contributed by atoms with E-state index in [4.69, 9.17) is 16.7 Å². The van der Waals surface area contributed by atoms with Crippen molar-refractivity contribution in [2.45, 2.75) is 0 Å². The first-order valence-corrected chi connectivity index (χ1v) is 4.37. The Kier molecular flexibility index (Phi) is 2.17. The number of aromatic nitrogens is 2. The number of carboxylic acids is 1. The van der Waals surface area contributed by atoms with Gasteiger partial charge in [-0.15, -0.1) is 0 Å². The minimum Gasteiger partial charge on any atom is -0.477 e. The molecule has 5 nitrogen and oxygen atoms in total. The monoisotopic (exact) mass is 224 g/mol. The summed E-state index contributed by atoms with van der Waals surface area (Å²) in [4.78, 5) is 27.6. The Labute approximate surface area is 88.7 Å². The van der Waals surface area contributed by atoms with Gasteiger partial charge in [0.2, 0.25) is 0 Å². The lowest BCUT2D eigenvalue weighted by atomic mass is 10.2. The van der Waals surface area contributed by atoms with Gasteiger partial charge in [0, 0.05) is 5.39 Å². The van der Waals surface area contributed by atoms with E-state index < -0.39 is 5.97 Å². The number of nitrogens with zero attached hydrogens (tertiary/aromatic N) is 1. The van der Waals surface area contributed by atoms with Crippen LogP contribution in [0.3, 0.4) is 0 Å². The maximum absolute atomic E-state index is 10.7. The fourth-order valence-corrected chi connectivity index (χ4v) is 1.54. The molecule has 0 radical (unpaired) electrons. The first-order chi connectivity index (χ1) is 7.11. The molecule has 76 valence electrons. The molecule has 2 heterocycles. The lowest BCUT2D eigenvalue weighted by molar-refractivity contribution is 0.0690. The second-order valence-corrected chi connectivity index (χ2v) is 3.27. The Morgan fingerprint density at radius 2 is 2.27 bits per heavy atom. The lowest BCUT2D eigenvalue weighted by Gasteiger charge is -1.96. The largest absolute Gasteiger partial charge is 0.477 e. The van der Waals surface area contributed by atoms with Crippen molar-refractivity contribution >= 4 is 34.8 Å². The molecular weight excluding hydrogens is 220 g/mol. The van der Waals surface area contributed by atoms with Crippen LogP contribution in [0.2, 0.25) is 5.15 Å². The summed E-state index contributed by atoms with van der Waals surface area (Å²) in [7, 11) is 0. The van der Waals surface area contributed by atoms with Crippen LogP contribution in [-0.2, 0) is 0 Å². The van der Waals surface area contributed by atoms with E-state index in [2.05, 4.69) is 9.97 Å². The van der Waals surface area contributed by atoms with E-state index in [0.29, 0.717) is 22.9 Å². The van der Waals surface area contributed by atoms with E-state index in [1.807, 2.05) is 0 Å². The molecule has 15 heavy (non-hydrogen) atoms. The number of hydrogen-bond donors (Lipinski definition) is 2. The summed E-state index contributed by atoms with van der Waals surface area (Å²) in [6.45, 7) is 0. The van der Waals surface area contributed by atoms with Gasteiger partial charge in [-0.05, 0) is 12.1 Å². The van der Waals surface area contributed by atoms with E-state index in [0.717, 1.165) is 0 Å². The summed E-state index contributed by atoms with van der Waals surface area (Å²) in [5.41, 5.74) is 0.643. The molecule has 2 rings (SSSR count). The third-order valence-corrected chi connectivity index (χ3v) is 2.21. The van der Waals surface area contributed by atoms with Crippen molar-refractivity contribution in [1.82, 2.24) is 9.97 Å². The van der Waals surface area contributed by atoms with Crippen LogP contribution in [-0.4, -0.2) is 27.3 Å². The molecule has 0 atom stereocenters. The summed E-state index contributed by atoms with van der Waals surface area (Å²) in [6, 6.07) is 2.87. The van der Waals surface area contributed by atoms with Gasteiger partial charge in [-0.25, -0.2) is 9.78 Å². The molecule has 0 aliphatic carbocycles. The zero-order valence-electron chi connectivity index (χ0n) is 7.32. The SMILES string of the molecule is O=Cc1cc2cc(C(=O)O)nc(Cl)c2[nH]1. The van der Waals surface area contributed by atoms with Gasteiger partial charge in [0.1, 0.15) is 0 Å². The van der Waals surface area contributed by atoms with Gasteiger partial charge in [0.15, 0.2) is 17.1 Å². The van der Waals surface area contributed by atoms with Crippen molar-refractivity contribution in [1.29, 1.82) is 0 Å². The van der Waals surface area contributed by atoms with Crippen molar-refractivity contribution in [3.63, 3.8) is 0 Å². The van der Waals surface area contributed by atoms with Gasteiger partial charge >= 0.3 is 5.97 Å². The highest BCUT2D eigenvalue weighted by Crippen LogP contribution is 2.22. The molecule has 6 heteroatoms. The number of hydrogen-bond acceptors (Lipinski definition) is 3. The van der Waals surface area contributed by atoms with Gasteiger partial charge in [-0.2, -0.15) is 0 Å². The van der Waals surface area contributed by atoms with Gasteiger partial charge in [0.25, 0.3) is 0 Å². The van der Waals surface area contributed by atoms with Crippen LogP contribution < -0.4 is 0 Å². The maximum Gasteiger partial charge on any atom is 0.354 e. The fourth-order valence-electron chi connectivity index (χ4n) is 1.29. The smallest absolute Gasteiger partial charge is 0.354 e. The predicted octanol–water partition coefficient (Wildman–Crippen LogP) is 1.73. The molecule has 0 aliphatic heterocycles. The van der Waals surface area contributed by atoms with Crippen molar-refractivity contribution in [3.05, 3.63) is 28.7 Å². The Bertz CT molecular complexity index is 562. The molecule has 2 aromatic heterocycles. The van der Waals surface area contributed by atoms with Crippen molar-refractivity contribution in [2.24, 2.45) is 0 Å². The third kappa shape index (κ3) is 1.57. The Hall–Kier alpha value is -1.88. The van der Waals surface area contributed by atoms with Crippen LogP contribution >= 0.6 is 11.6 Å². The second-order valence-electron chi connectivity index (χ2n) is 2.91. The fraction of sp³-hybridized carbons (Fsp3) is 0. The molecule has 0 fully saturated rings. The normalized spacial score (nSPS) is 10.5. The average molecular weight is 225 g/mol. The summed E-state index contributed by atoms with van der Waals surface area (Å²) < 4.78 is 0. The number of fused-ring (bicyclic) bond motifs is 1. The molecule has 0 bridgehead atoms. The van der Waals surface area contributed by atoms with Crippen LogP contribution in [0.4, 0.5) is 0 Å². The minimum atomic E-state index is -1.16. The Balaban J connectivity index is 2.75. The summed E-state index contributed by atoms with van der Waals surface area (Å²) in [6.07, 6.45) is 0.622. The van der Waals surface area contributed by atoms with E-state index >= 15 is 0 Å². The second kappa shape index (κ2) is 3.36. The number of aldehydes is 1. The number of H-pyrrole nitrogens is 1. The number of pyridine rings is 1. The summed E-state index contributed by atoms with van der Waals surface area (Å²) >= 11 is 5.75. The molecule has 0 aromatic carbocycles. The number of aromatic carboxylic acids is 1. The van der Waals surface area contributed by atoms with E-state index in [9.17, 15) is 9.59 Å². The van der Waals surface area contributed by atoms with Crippen LogP contribution in [0, 0.1) is 0 Å². The Morgan fingerprint density at radius 1 is 1.53 bits per heavy atom. The zero-order valence-corrected chi connectivity index (χ0v) is 8.08. The number of carboxylic acid groups (broad SMARTS) is 1.